The van der Waals surface area contributed by atoms with Crippen molar-refractivity contribution in [1.29, 1.82) is 5.26 Å². The number of amides is 1. The molecule has 108 valence electrons. The Bertz CT molecular complexity index is 616. The summed E-state index contributed by atoms with van der Waals surface area (Å²) < 4.78 is 22.1. The minimum Gasteiger partial charge on any atom is -0.310 e. The molecule has 0 unspecified atom stereocenters. The lowest BCUT2D eigenvalue weighted by Crippen LogP contribution is -2.50. The van der Waals surface area contributed by atoms with Gasteiger partial charge in [-0.3, -0.25) is 4.79 Å². The van der Waals surface area contributed by atoms with Gasteiger partial charge < -0.3 is 4.90 Å². The van der Waals surface area contributed by atoms with Crippen LogP contribution in [0.3, 0.4) is 0 Å². The SMILES string of the molecule is CC(C)(C(=O)N(CCC#N)c1ccccc1)S(C)(=O)=O. The standard InChI is InChI=1S/C14H18N2O3S/c1-14(2,20(3,18)19)13(17)16(11-7-10-15)12-8-5-4-6-9-12/h4-6,8-9H,7,11H2,1-3H3. The molecule has 1 rings (SSSR count). The van der Waals surface area contributed by atoms with Crippen LogP contribution in [-0.2, 0) is 14.6 Å². The number of carbonyl (C=O) groups excluding carboxylic acids is 1. The fourth-order valence-corrected chi connectivity index (χ4v) is 2.03. The van der Waals surface area contributed by atoms with Crippen LogP contribution >= 0.6 is 0 Å². The van der Waals surface area contributed by atoms with Gasteiger partial charge in [0.15, 0.2) is 9.84 Å². The molecule has 0 aromatic heterocycles. The number of para-hydroxylation sites is 1. The summed E-state index contributed by atoms with van der Waals surface area (Å²) in [5.41, 5.74) is 0.587. The van der Waals surface area contributed by atoms with Crippen LogP contribution in [0, 0.1) is 11.3 Å². The zero-order valence-electron chi connectivity index (χ0n) is 11.8. The van der Waals surface area contributed by atoms with Gasteiger partial charge in [0.1, 0.15) is 4.75 Å². The van der Waals surface area contributed by atoms with Crippen LogP contribution in [0.15, 0.2) is 30.3 Å². The zero-order valence-corrected chi connectivity index (χ0v) is 12.6. The number of carbonyl (C=O) groups is 1. The van der Waals surface area contributed by atoms with E-state index in [2.05, 4.69) is 0 Å². The van der Waals surface area contributed by atoms with E-state index in [-0.39, 0.29) is 13.0 Å². The van der Waals surface area contributed by atoms with E-state index in [4.69, 9.17) is 5.26 Å². The molecule has 0 saturated carbocycles. The highest BCUT2D eigenvalue weighted by atomic mass is 32.2. The average Bonchev–Trinajstić information content (AvgIpc) is 2.38. The maximum absolute atomic E-state index is 12.6. The summed E-state index contributed by atoms with van der Waals surface area (Å²) in [6.45, 7) is 2.93. The molecule has 1 aromatic rings. The van der Waals surface area contributed by atoms with E-state index in [1.54, 1.807) is 30.3 Å². The van der Waals surface area contributed by atoms with Crippen molar-refractivity contribution in [3.63, 3.8) is 0 Å². The second-order valence-electron chi connectivity index (χ2n) is 4.98. The monoisotopic (exact) mass is 294 g/mol. The van der Waals surface area contributed by atoms with Gasteiger partial charge in [-0.25, -0.2) is 8.42 Å². The topological polar surface area (TPSA) is 78.2 Å². The fraction of sp³-hybridized carbons (Fsp3) is 0.429. The zero-order chi connectivity index (χ0) is 15.4. The lowest BCUT2D eigenvalue weighted by Gasteiger charge is -2.30. The molecule has 0 atom stereocenters. The van der Waals surface area contributed by atoms with Gasteiger partial charge in [-0.05, 0) is 26.0 Å². The summed E-state index contributed by atoms with van der Waals surface area (Å²) in [7, 11) is -3.55. The summed E-state index contributed by atoms with van der Waals surface area (Å²) in [6.07, 6.45) is 1.18. The van der Waals surface area contributed by atoms with Gasteiger partial charge in [-0.1, -0.05) is 18.2 Å². The highest BCUT2D eigenvalue weighted by Crippen LogP contribution is 2.23. The van der Waals surface area contributed by atoms with Crippen molar-refractivity contribution < 1.29 is 13.2 Å². The number of nitriles is 1. The lowest BCUT2D eigenvalue weighted by molar-refractivity contribution is -0.120. The third-order valence-corrected chi connectivity index (χ3v) is 5.23. The molecular formula is C14H18N2O3S. The van der Waals surface area contributed by atoms with Crippen LogP contribution < -0.4 is 4.90 Å². The van der Waals surface area contributed by atoms with Crippen LogP contribution in [0.5, 0.6) is 0 Å². The van der Waals surface area contributed by atoms with E-state index < -0.39 is 20.5 Å². The van der Waals surface area contributed by atoms with Crippen LogP contribution in [-0.4, -0.2) is 31.9 Å². The molecule has 0 aliphatic carbocycles. The molecule has 1 aromatic carbocycles. The summed E-state index contributed by atoms with van der Waals surface area (Å²) in [4.78, 5) is 13.9. The number of hydrogen-bond acceptors (Lipinski definition) is 4. The highest BCUT2D eigenvalue weighted by Gasteiger charge is 2.41. The van der Waals surface area contributed by atoms with E-state index in [1.165, 1.54) is 18.7 Å². The quantitative estimate of drug-likeness (QED) is 0.829. The smallest absolute Gasteiger partial charge is 0.247 e. The van der Waals surface area contributed by atoms with Crippen molar-refractivity contribution in [3.8, 4) is 6.07 Å². The third-order valence-electron chi connectivity index (χ3n) is 3.20. The number of rotatable bonds is 5. The maximum atomic E-state index is 12.6. The summed E-state index contributed by atoms with van der Waals surface area (Å²) in [5, 5.41) is 8.70. The van der Waals surface area contributed by atoms with Crippen molar-refractivity contribution in [2.24, 2.45) is 0 Å². The molecule has 0 spiro atoms. The van der Waals surface area contributed by atoms with Crippen LogP contribution in [0.2, 0.25) is 0 Å². The van der Waals surface area contributed by atoms with Gasteiger partial charge >= 0.3 is 0 Å². The highest BCUT2D eigenvalue weighted by molar-refractivity contribution is 7.92. The molecule has 0 aliphatic heterocycles. The Morgan fingerprint density at radius 2 is 1.85 bits per heavy atom. The van der Waals surface area contributed by atoms with Gasteiger partial charge in [-0.2, -0.15) is 5.26 Å². The third kappa shape index (κ3) is 3.36. The maximum Gasteiger partial charge on any atom is 0.247 e. The molecule has 5 nitrogen and oxygen atoms in total. The summed E-state index contributed by atoms with van der Waals surface area (Å²) in [6, 6.07) is 10.7. The second-order valence-corrected chi connectivity index (χ2v) is 7.55. The molecule has 0 radical (unpaired) electrons. The van der Waals surface area contributed by atoms with Crippen LogP contribution in [0.1, 0.15) is 20.3 Å². The molecule has 1 amide bonds. The molecule has 20 heavy (non-hydrogen) atoms. The predicted octanol–water partition coefficient (Wildman–Crippen LogP) is 1.76. The Kier molecular flexibility index (Phi) is 4.90. The van der Waals surface area contributed by atoms with Gasteiger partial charge in [0.2, 0.25) is 5.91 Å². The first-order valence-electron chi connectivity index (χ1n) is 6.15. The molecule has 0 saturated heterocycles. The van der Waals surface area contributed by atoms with Crippen molar-refractivity contribution in [2.45, 2.75) is 25.0 Å². The predicted molar refractivity (Wildman–Crippen MR) is 77.9 cm³/mol. The number of anilines is 1. The number of hydrogen-bond donors (Lipinski definition) is 0. The Labute approximate surface area is 119 Å². The van der Waals surface area contributed by atoms with Crippen molar-refractivity contribution >= 4 is 21.4 Å². The van der Waals surface area contributed by atoms with Gasteiger partial charge in [0.05, 0.1) is 12.5 Å². The van der Waals surface area contributed by atoms with Gasteiger partial charge in [0.25, 0.3) is 0 Å². The minimum absolute atomic E-state index is 0.139. The van der Waals surface area contributed by atoms with E-state index in [0.717, 1.165) is 6.26 Å². The first-order chi connectivity index (χ1) is 9.21. The molecule has 0 heterocycles. The fourth-order valence-electron chi connectivity index (χ4n) is 1.60. The molecule has 0 N–H and O–H groups in total. The summed E-state index contributed by atoms with van der Waals surface area (Å²) in [5.74, 6) is -0.526. The van der Waals surface area contributed by atoms with Gasteiger partial charge in [-0.15, -0.1) is 0 Å². The molecule has 6 heteroatoms. The van der Waals surface area contributed by atoms with Crippen molar-refractivity contribution in [3.05, 3.63) is 30.3 Å². The normalized spacial score (nSPS) is 11.7. The van der Waals surface area contributed by atoms with E-state index in [0.29, 0.717) is 5.69 Å². The lowest BCUT2D eigenvalue weighted by atomic mass is 10.1. The number of benzene rings is 1. The molecular weight excluding hydrogens is 276 g/mol. The van der Waals surface area contributed by atoms with Crippen LogP contribution in [0.4, 0.5) is 5.69 Å². The first-order valence-corrected chi connectivity index (χ1v) is 8.04. The Balaban J connectivity index is 3.20. The second kappa shape index (κ2) is 6.06. The van der Waals surface area contributed by atoms with Crippen molar-refractivity contribution in [1.82, 2.24) is 0 Å². The minimum atomic E-state index is -3.55. The number of sulfone groups is 1. The average molecular weight is 294 g/mol. The molecule has 0 aliphatic rings. The molecule has 0 fully saturated rings. The van der Waals surface area contributed by atoms with E-state index in [9.17, 15) is 13.2 Å². The first kappa shape index (κ1) is 16.2. The number of nitrogens with zero attached hydrogens (tertiary/aromatic N) is 2. The Morgan fingerprint density at radius 3 is 2.30 bits per heavy atom. The summed E-state index contributed by atoms with van der Waals surface area (Å²) >= 11 is 0. The van der Waals surface area contributed by atoms with Crippen LogP contribution in [0.25, 0.3) is 0 Å². The Morgan fingerprint density at radius 1 is 1.30 bits per heavy atom. The van der Waals surface area contributed by atoms with E-state index >= 15 is 0 Å². The largest absolute Gasteiger partial charge is 0.310 e. The van der Waals surface area contributed by atoms with Gasteiger partial charge in [0, 0.05) is 18.5 Å². The van der Waals surface area contributed by atoms with E-state index in [1.807, 2.05) is 6.07 Å². The van der Waals surface area contributed by atoms with Crippen molar-refractivity contribution in [2.75, 3.05) is 17.7 Å². The Hall–Kier alpha value is -1.87. The molecule has 0 bridgehead atoms.